The first kappa shape index (κ1) is 13.7. The normalized spacial score (nSPS) is 19.4. The van der Waals surface area contributed by atoms with E-state index in [0.717, 1.165) is 19.3 Å². The highest BCUT2D eigenvalue weighted by atomic mass is 127. The minimum Gasteiger partial charge on any atom is -0.356 e. The van der Waals surface area contributed by atoms with Crippen molar-refractivity contribution in [3.63, 3.8) is 0 Å². The Morgan fingerprint density at radius 3 is 2.95 bits per heavy atom. The van der Waals surface area contributed by atoms with Gasteiger partial charge in [0.15, 0.2) is 6.23 Å². The van der Waals surface area contributed by atoms with E-state index in [1.165, 1.54) is 12.1 Å². The largest absolute Gasteiger partial charge is 0.356 e. The Bertz CT molecular complexity index is 682. The summed E-state index contributed by atoms with van der Waals surface area (Å²) in [6.45, 7) is 0.651. The van der Waals surface area contributed by atoms with Gasteiger partial charge in [-0.3, -0.25) is 10.1 Å². The number of fused-ring (bicyclic) bond motifs is 1. The summed E-state index contributed by atoms with van der Waals surface area (Å²) in [6, 6.07) is 2.40. The number of aromatic nitrogens is 2. The van der Waals surface area contributed by atoms with Crippen molar-refractivity contribution in [3.05, 3.63) is 31.8 Å². The summed E-state index contributed by atoms with van der Waals surface area (Å²) in [5.74, 6) is -0.851. The third kappa shape index (κ3) is 2.26. The molecule has 0 aliphatic carbocycles. The highest BCUT2D eigenvalue weighted by Crippen LogP contribution is 2.32. The molecule has 0 amide bonds. The van der Waals surface area contributed by atoms with Crippen molar-refractivity contribution in [3.8, 4) is 0 Å². The number of hydrogen-bond donors (Lipinski definition) is 0. The van der Waals surface area contributed by atoms with Crippen LogP contribution in [-0.2, 0) is 4.74 Å². The van der Waals surface area contributed by atoms with Gasteiger partial charge in [-0.2, -0.15) is 9.49 Å². The summed E-state index contributed by atoms with van der Waals surface area (Å²) in [5.41, 5.74) is 0.00364. The molecule has 6 nitrogen and oxygen atoms in total. The Kier molecular flexibility index (Phi) is 3.59. The molecule has 0 N–H and O–H groups in total. The number of benzene rings is 1. The summed E-state index contributed by atoms with van der Waals surface area (Å²) < 4.78 is 21.7. The second-order valence-electron chi connectivity index (χ2n) is 4.63. The average Bonchev–Trinajstić information content (AvgIpc) is 2.75. The smallest absolute Gasteiger partial charge is 0.305 e. The molecule has 1 aliphatic rings. The first-order valence-electron chi connectivity index (χ1n) is 6.21. The molecule has 0 radical (unpaired) electrons. The molecular formula is C12H11FIN3O3. The molecule has 0 saturated carbocycles. The lowest BCUT2D eigenvalue weighted by atomic mass is 10.2. The Morgan fingerprint density at radius 2 is 2.30 bits per heavy atom. The SMILES string of the molecule is O=[N+]([O-])c1cc2c(I)nn(C3CCCCO3)c2cc1F. The second kappa shape index (κ2) is 5.24. The zero-order chi connectivity index (χ0) is 14.3. The standard InChI is InChI=1S/C12H11FIN3O3/c13-8-6-9-7(5-10(8)17(18)19)12(14)15-16(9)11-3-1-2-4-20-11/h5-6,11H,1-4H2. The number of hydrogen-bond acceptors (Lipinski definition) is 4. The minimum absolute atomic E-state index is 0.226. The molecule has 106 valence electrons. The molecule has 1 saturated heterocycles. The molecule has 0 spiro atoms. The summed E-state index contributed by atoms with van der Waals surface area (Å²) in [5, 5.41) is 15.7. The molecule has 20 heavy (non-hydrogen) atoms. The van der Waals surface area contributed by atoms with Crippen LogP contribution in [0.1, 0.15) is 25.5 Å². The molecule has 2 aromatic rings. The molecule has 1 aromatic heterocycles. The van der Waals surface area contributed by atoms with Gasteiger partial charge in [0, 0.05) is 24.1 Å². The molecule has 0 bridgehead atoms. The van der Waals surface area contributed by atoms with E-state index in [9.17, 15) is 14.5 Å². The zero-order valence-electron chi connectivity index (χ0n) is 10.4. The van der Waals surface area contributed by atoms with Crippen molar-refractivity contribution in [1.29, 1.82) is 0 Å². The van der Waals surface area contributed by atoms with Crippen LogP contribution in [0.4, 0.5) is 10.1 Å². The van der Waals surface area contributed by atoms with E-state index < -0.39 is 16.4 Å². The van der Waals surface area contributed by atoms with E-state index in [-0.39, 0.29) is 6.23 Å². The van der Waals surface area contributed by atoms with Crippen LogP contribution in [0.2, 0.25) is 0 Å². The molecule has 8 heteroatoms. The second-order valence-corrected chi connectivity index (χ2v) is 5.66. The van der Waals surface area contributed by atoms with Crippen LogP contribution >= 0.6 is 22.6 Å². The molecular weight excluding hydrogens is 380 g/mol. The van der Waals surface area contributed by atoms with Crippen molar-refractivity contribution in [2.75, 3.05) is 6.61 Å². The van der Waals surface area contributed by atoms with E-state index >= 15 is 0 Å². The van der Waals surface area contributed by atoms with Gasteiger partial charge in [-0.25, -0.2) is 4.68 Å². The third-order valence-electron chi connectivity index (χ3n) is 3.35. The van der Waals surface area contributed by atoms with Gasteiger partial charge in [0.2, 0.25) is 5.82 Å². The summed E-state index contributed by atoms with van der Waals surface area (Å²) in [7, 11) is 0. The highest BCUT2D eigenvalue weighted by molar-refractivity contribution is 14.1. The quantitative estimate of drug-likeness (QED) is 0.447. The van der Waals surface area contributed by atoms with Crippen molar-refractivity contribution in [1.82, 2.24) is 9.78 Å². The van der Waals surface area contributed by atoms with Crippen LogP contribution in [0.25, 0.3) is 10.9 Å². The van der Waals surface area contributed by atoms with Crippen LogP contribution in [0.5, 0.6) is 0 Å². The first-order chi connectivity index (χ1) is 9.58. The molecule has 1 aliphatic heterocycles. The van der Waals surface area contributed by atoms with Gasteiger partial charge in [-0.1, -0.05) is 0 Å². The Balaban J connectivity index is 2.15. The lowest BCUT2D eigenvalue weighted by Crippen LogP contribution is -2.19. The molecule has 1 aromatic carbocycles. The van der Waals surface area contributed by atoms with E-state index in [2.05, 4.69) is 5.10 Å². The predicted octanol–water partition coefficient (Wildman–Crippen LogP) is 3.39. The van der Waals surface area contributed by atoms with Gasteiger partial charge in [0.1, 0.15) is 3.70 Å². The number of halogens is 2. The van der Waals surface area contributed by atoms with Gasteiger partial charge in [0.25, 0.3) is 0 Å². The molecule has 2 heterocycles. The van der Waals surface area contributed by atoms with Gasteiger partial charge in [0.05, 0.1) is 10.4 Å². The summed E-state index contributed by atoms with van der Waals surface area (Å²) in [4.78, 5) is 10.1. The molecule has 3 rings (SSSR count). The van der Waals surface area contributed by atoms with Crippen LogP contribution in [0.3, 0.4) is 0 Å². The van der Waals surface area contributed by atoms with Crippen molar-refractivity contribution < 1.29 is 14.1 Å². The number of nitro benzene ring substituents is 1. The fourth-order valence-electron chi connectivity index (χ4n) is 2.38. The van der Waals surface area contributed by atoms with Gasteiger partial charge in [-0.05, 0) is 41.9 Å². The van der Waals surface area contributed by atoms with Crippen molar-refractivity contribution in [2.24, 2.45) is 0 Å². The summed E-state index contributed by atoms with van der Waals surface area (Å²) >= 11 is 1.99. The Hall–Kier alpha value is -1.29. The minimum atomic E-state index is -0.851. The fraction of sp³-hybridized carbons (Fsp3) is 0.417. The van der Waals surface area contributed by atoms with Crippen LogP contribution in [-0.4, -0.2) is 21.3 Å². The number of nitro groups is 1. The van der Waals surface area contributed by atoms with Crippen molar-refractivity contribution in [2.45, 2.75) is 25.5 Å². The van der Waals surface area contributed by atoms with Gasteiger partial charge < -0.3 is 4.74 Å². The Labute approximate surface area is 127 Å². The van der Waals surface area contributed by atoms with Crippen molar-refractivity contribution >= 4 is 39.2 Å². The van der Waals surface area contributed by atoms with Gasteiger partial charge in [-0.15, -0.1) is 0 Å². The van der Waals surface area contributed by atoms with E-state index in [1.807, 2.05) is 22.6 Å². The average molecular weight is 391 g/mol. The number of rotatable bonds is 2. The van der Waals surface area contributed by atoms with E-state index in [1.54, 1.807) is 4.68 Å². The fourth-order valence-corrected chi connectivity index (χ4v) is 3.05. The maximum atomic E-state index is 13.8. The highest BCUT2D eigenvalue weighted by Gasteiger charge is 2.24. The lowest BCUT2D eigenvalue weighted by molar-refractivity contribution is -0.387. The Morgan fingerprint density at radius 1 is 1.50 bits per heavy atom. The monoisotopic (exact) mass is 391 g/mol. The lowest BCUT2D eigenvalue weighted by Gasteiger charge is -2.23. The topological polar surface area (TPSA) is 70.2 Å². The summed E-state index contributed by atoms with van der Waals surface area (Å²) in [6.07, 6.45) is 2.62. The number of nitrogens with zero attached hydrogens (tertiary/aromatic N) is 3. The van der Waals surface area contributed by atoms with Crippen LogP contribution in [0.15, 0.2) is 12.1 Å². The van der Waals surface area contributed by atoms with E-state index in [0.29, 0.717) is 21.2 Å². The molecule has 1 fully saturated rings. The van der Waals surface area contributed by atoms with E-state index in [4.69, 9.17) is 4.74 Å². The maximum absolute atomic E-state index is 13.8. The third-order valence-corrected chi connectivity index (χ3v) is 4.15. The molecule has 1 atom stereocenters. The van der Waals surface area contributed by atoms with Gasteiger partial charge >= 0.3 is 5.69 Å². The zero-order valence-corrected chi connectivity index (χ0v) is 12.5. The first-order valence-corrected chi connectivity index (χ1v) is 7.29. The van der Waals surface area contributed by atoms with Crippen LogP contribution < -0.4 is 0 Å². The van der Waals surface area contributed by atoms with Crippen LogP contribution in [0, 0.1) is 19.6 Å². The molecule has 1 unspecified atom stereocenters. The predicted molar refractivity (Wildman–Crippen MR) is 77.9 cm³/mol. The maximum Gasteiger partial charge on any atom is 0.305 e. The number of ether oxygens (including phenoxy) is 1.